The van der Waals surface area contributed by atoms with E-state index >= 15 is 0 Å². The minimum Gasteiger partial charge on any atom is -0.370 e. The summed E-state index contributed by atoms with van der Waals surface area (Å²) in [6.07, 6.45) is 0. The molecule has 0 saturated heterocycles. The highest BCUT2D eigenvalue weighted by Crippen LogP contribution is 2.16. The number of benzene rings is 2. The molecule has 2 aromatic rings. The lowest BCUT2D eigenvalue weighted by Crippen LogP contribution is -2.16. The van der Waals surface area contributed by atoms with Crippen molar-refractivity contribution in [2.75, 3.05) is 18.5 Å². The first-order chi connectivity index (χ1) is 9.69. The lowest BCUT2D eigenvalue weighted by Gasteiger charge is -2.19. The Labute approximate surface area is 120 Å². The third kappa shape index (κ3) is 4.07. The van der Waals surface area contributed by atoms with E-state index in [0.717, 1.165) is 25.3 Å². The SMILES string of the molecule is CCNCc1ccc(CN(C)c2cccc(F)c2)cc1. The van der Waals surface area contributed by atoms with Gasteiger partial charge in [-0.3, -0.25) is 0 Å². The van der Waals surface area contributed by atoms with E-state index in [1.165, 1.54) is 17.2 Å². The van der Waals surface area contributed by atoms with Gasteiger partial charge in [0.05, 0.1) is 0 Å². The van der Waals surface area contributed by atoms with Crippen LogP contribution in [0.15, 0.2) is 48.5 Å². The van der Waals surface area contributed by atoms with Crippen molar-refractivity contribution >= 4 is 5.69 Å². The standard InChI is InChI=1S/C17H21FN2/c1-3-19-12-14-7-9-15(10-8-14)13-20(2)17-6-4-5-16(18)11-17/h4-11,19H,3,12-13H2,1-2H3. The van der Waals surface area contributed by atoms with E-state index < -0.39 is 0 Å². The molecule has 20 heavy (non-hydrogen) atoms. The lowest BCUT2D eigenvalue weighted by molar-refractivity contribution is 0.627. The Bertz CT molecular complexity index is 537. The van der Waals surface area contributed by atoms with E-state index in [1.54, 1.807) is 12.1 Å². The largest absolute Gasteiger partial charge is 0.370 e. The van der Waals surface area contributed by atoms with Gasteiger partial charge in [0, 0.05) is 25.8 Å². The number of nitrogens with one attached hydrogen (secondary N) is 1. The first-order valence-corrected chi connectivity index (χ1v) is 6.94. The average Bonchev–Trinajstić information content (AvgIpc) is 2.46. The highest BCUT2D eigenvalue weighted by atomic mass is 19.1. The summed E-state index contributed by atoms with van der Waals surface area (Å²) in [6.45, 7) is 4.74. The van der Waals surface area contributed by atoms with Gasteiger partial charge in [-0.1, -0.05) is 37.3 Å². The fraction of sp³-hybridized carbons (Fsp3) is 0.294. The number of rotatable bonds is 6. The lowest BCUT2D eigenvalue weighted by atomic mass is 10.1. The number of anilines is 1. The van der Waals surface area contributed by atoms with Gasteiger partial charge in [-0.2, -0.15) is 0 Å². The molecule has 106 valence electrons. The van der Waals surface area contributed by atoms with Crippen LogP contribution in [0.1, 0.15) is 18.1 Å². The van der Waals surface area contributed by atoms with E-state index in [9.17, 15) is 4.39 Å². The van der Waals surface area contributed by atoms with Crippen molar-refractivity contribution in [3.63, 3.8) is 0 Å². The number of nitrogens with zero attached hydrogens (tertiary/aromatic N) is 1. The summed E-state index contributed by atoms with van der Waals surface area (Å²) in [7, 11) is 1.97. The van der Waals surface area contributed by atoms with Gasteiger partial charge in [0.15, 0.2) is 0 Å². The van der Waals surface area contributed by atoms with Gasteiger partial charge in [0.25, 0.3) is 0 Å². The van der Waals surface area contributed by atoms with Gasteiger partial charge in [-0.25, -0.2) is 4.39 Å². The zero-order valence-electron chi connectivity index (χ0n) is 12.1. The zero-order chi connectivity index (χ0) is 14.4. The molecule has 2 aromatic carbocycles. The molecule has 0 heterocycles. The third-order valence-corrected chi connectivity index (χ3v) is 3.27. The normalized spacial score (nSPS) is 10.6. The van der Waals surface area contributed by atoms with Crippen molar-refractivity contribution in [1.82, 2.24) is 5.32 Å². The molecular formula is C17H21FN2. The second-order valence-electron chi connectivity index (χ2n) is 4.93. The van der Waals surface area contributed by atoms with Crippen LogP contribution in [0.5, 0.6) is 0 Å². The van der Waals surface area contributed by atoms with Crippen LogP contribution in [0.25, 0.3) is 0 Å². The van der Waals surface area contributed by atoms with Gasteiger partial charge in [-0.05, 0) is 35.9 Å². The number of hydrogen-bond donors (Lipinski definition) is 1. The molecule has 2 nitrogen and oxygen atoms in total. The number of hydrogen-bond acceptors (Lipinski definition) is 2. The maximum Gasteiger partial charge on any atom is 0.125 e. The Morgan fingerprint density at radius 1 is 1.05 bits per heavy atom. The molecular weight excluding hydrogens is 251 g/mol. The molecule has 0 aliphatic heterocycles. The molecule has 0 radical (unpaired) electrons. The molecule has 2 rings (SSSR count). The summed E-state index contributed by atoms with van der Waals surface area (Å²) in [4.78, 5) is 2.04. The van der Waals surface area contributed by atoms with Crippen molar-refractivity contribution in [1.29, 1.82) is 0 Å². The maximum absolute atomic E-state index is 13.2. The van der Waals surface area contributed by atoms with Crippen molar-refractivity contribution in [2.45, 2.75) is 20.0 Å². The van der Waals surface area contributed by atoms with Crippen LogP contribution in [-0.4, -0.2) is 13.6 Å². The molecule has 0 amide bonds. The van der Waals surface area contributed by atoms with E-state index in [4.69, 9.17) is 0 Å². The first kappa shape index (κ1) is 14.5. The second kappa shape index (κ2) is 7.06. The van der Waals surface area contributed by atoms with E-state index in [0.29, 0.717) is 0 Å². The van der Waals surface area contributed by atoms with Crippen molar-refractivity contribution < 1.29 is 4.39 Å². The summed E-state index contributed by atoms with van der Waals surface area (Å²) in [5.74, 6) is -0.199. The van der Waals surface area contributed by atoms with Crippen LogP contribution in [-0.2, 0) is 13.1 Å². The Morgan fingerprint density at radius 2 is 1.75 bits per heavy atom. The predicted molar refractivity (Wildman–Crippen MR) is 82.3 cm³/mol. The Morgan fingerprint density at radius 3 is 2.40 bits per heavy atom. The average molecular weight is 272 g/mol. The quantitative estimate of drug-likeness (QED) is 0.865. The first-order valence-electron chi connectivity index (χ1n) is 6.94. The summed E-state index contributed by atoms with van der Waals surface area (Å²) in [5.41, 5.74) is 3.39. The molecule has 0 aliphatic rings. The maximum atomic E-state index is 13.2. The molecule has 0 fully saturated rings. The molecule has 0 bridgehead atoms. The Hall–Kier alpha value is -1.87. The molecule has 0 unspecified atom stereocenters. The van der Waals surface area contributed by atoms with Crippen LogP contribution in [0.2, 0.25) is 0 Å². The fourth-order valence-electron chi connectivity index (χ4n) is 2.11. The smallest absolute Gasteiger partial charge is 0.125 e. The summed E-state index contributed by atoms with van der Waals surface area (Å²) in [6, 6.07) is 15.2. The van der Waals surface area contributed by atoms with E-state index in [2.05, 4.69) is 36.5 Å². The van der Waals surface area contributed by atoms with E-state index in [-0.39, 0.29) is 5.82 Å². The molecule has 0 saturated carbocycles. The minimum absolute atomic E-state index is 0.199. The molecule has 3 heteroatoms. The zero-order valence-corrected chi connectivity index (χ0v) is 12.1. The monoisotopic (exact) mass is 272 g/mol. The molecule has 1 N–H and O–H groups in total. The Kier molecular flexibility index (Phi) is 5.13. The molecule has 0 aromatic heterocycles. The fourth-order valence-corrected chi connectivity index (χ4v) is 2.11. The van der Waals surface area contributed by atoms with Crippen LogP contribution < -0.4 is 10.2 Å². The highest BCUT2D eigenvalue weighted by molar-refractivity contribution is 5.46. The summed E-state index contributed by atoms with van der Waals surface area (Å²) >= 11 is 0. The molecule has 0 atom stereocenters. The third-order valence-electron chi connectivity index (χ3n) is 3.27. The number of halogens is 1. The van der Waals surface area contributed by atoms with Gasteiger partial charge < -0.3 is 10.2 Å². The van der Waals surface area contributed by atoms with Gasteiger partial charge in [0.2, 0.25) is 0 Å². The van der Waals surface area contributed by atoms with E-state index in [1.807, 2.05) is 18.0 Å². The van der Waals surface area contributed by atoms with Gasteiger partial charge in [0.1, 0.15) is 5.82 Å². The highest BCUT2D eigenvalue weighted by Gasteiger charge is 2.03. The Balaban J connectivity index is 1.99. The van der Waals surface area contributed by atoms with Crippen molar-refractivity contribution in [3.8, 4) is 0 Å². The van der Waals surface area contributed by atoms with Gasteiger partial charge >= 0.3 is 0 Å². The molecule has 0 spiro atoms. The summed E-state index contributed by atoms with van der Waals surface area (Å²) < 4.78 is 13.2. The topological polar surface area (TPSA) is 15.3 Å². The van der Waals surface area contributed by atoms with Crippen molar-refractivity contribution in [3.05, 3.63) is 65.5 Å². The molecule has 0 aliphatic carbocycles. The summed E-state index contributed by atoms with van der Waals surface area (Å²) in [5, 5.41) is 3.30. The van der Waals surface area contributed by atoms with Crippen LogP contribution in [0, 0.1) is 5.82 Å². The van der Waals surface area contributed by atoms with Crippen molar-refractivity contribution in [2.24, 2.45) is 0 Å². The van der Waals surface area contributed by atoms with Crippen LogP contribution in [0.3, 0.4) is 0 Å². The van der Waals surface area contributed by atoms with Crippen LogP contribution >= 0.6 is 0 Å². The van der Waals surface area contributed by atoms with Crippen LogP contribution in [0.4, 0.5) is 10.1 Å². The predicted octanol–water partition coefficient (Wildman–Crippen LogP) is 3.57. The minimum atomic E-state index is -0.199. The van der Waals surface area contributed by atoms with Gasteiger partial charge in [-0.15, -0.1) is 0 Å². The second-order valence-corrected chi connectivity index (χ2v) is 4.93.